The second-order valence-corrected chi connectivity index (χ2v) is 7.53. The van der Waals surface area contributed by atoms with Crippen LogP contribution in [0.15, 0.2) is 72.8 Å². The molecule has 3 aromatic carbocycles. The minimum Gasteiger partial charge on any atom is -0.493 e. The maximum atomic E-state index is 12.2. The van der Waals surface area contributed by atoms with Gasteiger partial charge >= 0.3 is 0 Å². The van der Waals surface area contributed by atoms with Crippen LogP contribution in [0.4, 0.5) is 11.4 Å². The van der Waals surface area contributed by atoms with Crippen molar-refractivity contribution in [3.8, 4) is 11.5 Å². The van der Waals surface area contributed by atoms with Gasteiger partial charge in [-0.25, -0.2) is 0 Å². The van der Waals surface area contributed by atoms with Gasteiger partial charge in [-0.3, -0.25) is 4.79 Å². The number of ether oxygens (including phenoxy) is 2. The Labute approximate surface area is 187 Å². The molecule has 0 aliphatic carbocycles. The Kier molecular flexibility index (Phi) is 7.57. The van der Waals surface area contributed by atoms with Crippen LogP contribution in [0, 0.1) is 0 Å². The molecule has 0 radical (unpaired) electrons. The first-order chi connectivity index (χ1) is 14.9. The van der Waals surface area contributed by atoms with E-state index in [0.29, 0.717) is 23.1 Å². The predicted molar refractivity (Wildman–Crippen MR) is 127 cm³/mol. The molecule has 0 unspecified atom stereocenters. The Morgan fingerprint density at radius 1 is 1.00 bits per heavy atom. The molecule has 5 nitrogen and oxygen atoms in total. The van der Waals surface area contributed by atoms with Crippen molar-refractivity contribution in [1.29, 1.82) is 0 Å². The fraction of sp³-hybridized carbons (Fsp3) is 0.160. The minimum atomic E-state index is -0.209. The summed E-state index contributed by atoms with van der Waals surface area (Å²) < 4.78 is 11.3. The highest BCUT2D eigenvalue weighted by molar-refractivity contribution is 6.30. The summed E-state index contributed by atoms with van der Waals surface area (Å²) in [5.41, 5.74) is 3.64. The quantitative estimate of drug-likeness (QED) is 0.464. The van der Waals surface area contributed by atoms with Crippen LogP contribution in [0.3, 0.4) is 0 Å². The first-order valence-electron chi connectivity index (χ1n) is 9.76. The van der Waals surface area contributed by atoms with Gasteiger partial charge in [0.1, 0.15) is 6.61 Å². The average molecular weight is 437 g/mol. The highest BCUT2D eigenvalue weighted by Crippen LogP contribution is 2.29. The molecule has 0 atom stereocenters. The van der Waals surface area contributed by atoms with Crippen molar-refractivity contribution in [1.82, 2.24) is 0 Å². The molecule has 0 fully saturated rings. The normalized spacial score (nSPS) is 10.7. The zero-order chi connectivity index (χ0) is 22.2. The maximum Gasteiger partial charge on any atom is 0.248 e. The van der Waals surface area contributed by atoms with Gasteiger partial charge in [0.15, 0.2) is 11.5 Å². The lowest BCUT2D eigenvalue weighted by Gasteiger charge is -2.12. The van der Waals surface area contributed by atoms with Gasteiger partial charge in [0.2, 0.25) is 5.91 Å². The molecular weight excluding hydrogens is 412 g/mol. The number of carbonyl (C=O) groups excluding carboxylic acids is 1. The van der Waals surface area contributed by atoms with E-state index in [1.54, 1.807) is 13.2 Å². The monoisotopic (exact) mass is 436 g/mol. The van der Waals surface area contributed by atoms with Gasteiger partial charge in [0.05, 0.1) is 7.11 Å². The molecule has 1 N–H and O–H groups in total. The summed E-state index contributed by atoms with van der Waals surface area (Å²) in [4.78, 5) is 14.2. The third-order valence-electron chi connectivity index (χ3n) is 4.57. The number of nitrogens with zero attached hydrogens (tertiary/aromatic N) is 1. The molecule has 3 aromatic rings. The Bertz CT molecular complexity index is 1050. The molecule has 160 valence electrons. The number of amides is 1. The number of hydrogen-bond acceptors (Lipinski definition) is 4. The van der Waals surface area contributed by atoms with Crippen molar-refractivity contribution >= 4 is 35.0 Å². The molecule has 0 saturated heterocycles. The van der Waals surface area contributed by atoms with Crippen molar-refractivity contribution in [2.45, 2.75) is 6.61 Å². The molecule has 0 spiro atoms. The van der Waals surface area contributed by atoms with E-state index in [-0.39, 0.29) is 5.91 Å². The summed E-state index contributed by atoms with van der Waals surface area (Å²) in [5.74, 6) is 1.01. The number of hydrogen-bond donors (Lipinski definition) is 1. The van der Waals surface area contributed by atoms with Crippen molar-refractivity contribution < 1.29 is 14.3 Å². The Hall–Kier alpha value is -3.44. The minimum absolute atomic E-state index is 0.209. The number of benzene rings is 3. The van der Waals surface area contributed by atoms with Gasteiger partial charge in [-0.2, -0.15) is 0 Å². The lowest BCUT2D eigenvalue weighted by atomic mass is 10.2. The number of rotatable bonds is 8. The zero-order valence-electron chi connectivity index (χ0n) is 17.8. The van der Waals surface area contributed by atoms with Crippen LogP contribution in [0.1, 0.15) is 11.1 Å². The number of anilines is 2. The summed E-state index contributed by atoms with van der Waals surface area (Å²) in [6.07, 6.45) is 3.22. The largest absolute Gasteiger partial charge is 0.493 e. The van der Waals surface area contributed by atoms with Crippen molar-refractivity contribution in [3.05, 3.63) is 89.0 Å². The summed E-state index contributed by atoms with van der Waals surface area (Å²) in [6.45, 7) is 0.401. The third-order valence-corrected chi connectivity index (χ3v) is 4.83. The molecule has 0 aliphatic heterocycles. The summed E-state index contributed by atoms with van der Waals surface area (Å²) in [5, 5.41) is 3.54. The molecule has 0 heterocycles. The fourth-order valence-corrected chi connectivity index (χ4v) is 2.97. The first kappa shape index (κ1) is 22.2. The maximum absolute atomic E-state index is 12.2. The second kappa shape index (κ2) is 10.5. The summed E-state index contributed by atoms with van der Waals surface area (Å²) in [6, 6.07) is 20.7. The Morgan fingerprint density at radius 3 is 2.35 bits per heavy atom. The molecule has 0 aromatic heterocycles. The average Bonchev–Trinajstić information content (AvgIpc) is 2.78. The van der Waals surface area contributed by atoms with Crippen LogP contribution in [0.25, 0.3) is 6.08 Å². The standard InChI is InChI=1S/C25H25ClN2O3/c1-28(2)22-12-10-21(11-13-22)27-25(29)15-7-18-6-14-23(24(16-18)30-3)31-17-19-4-8-20(26)9-5-19/h4-16H,17H2,1-3H3,(H,27,29). The smallest absolute Gasteiger partial charge is 0.248 e. The van der Waals surface area contributed by atoms with E-state index >= 15 is 0 Å². The molecule has 3 rings (SSSR count). The topological polar surface area (TPSA) is 50.8 Å². The van der Waals surface area contributed by atoms with E-state index in [1.165, 1.54) is 6.08 Å². The van der Waals surface area contributed by atoms with Gasteiger partial charge in [0.25, 0.3) is 0 Å². The number of nitrogens with one attached hydrogen (secondary N) is 1. The van der Waals surface area contributed by atoms with E-state index < -0.39 is 0 Å². The van der Waals surface area contributed by atoms with Gasteiger partial charge in [-0.15, -0.1) is 0 Å². The van der Waals surface area contributed by atoms with Crippen LogP contribution >= 0.6 is 11.6 Å². The molecule has 31 heavy (non-hydrogen) atoms. The highest BCUT2D eigenvalue weighted by atomic mass is 35.5. The van der Waals surface area contributed by atoms with Crippen LogP contribution in [-0.2, 0) is 11.4 Å². The number of carbonyl (C=O) groups is 1. The van der Waals surface area contributed by atoms with E-state index in [9.17, 15) is 4.79 Å². The van der Waals surface area contributed by atoms with E-state index in [4.69, 9.17) is 21.1 Å². The second-order valence-electron chi connectivity index (χ2n) is 7.09. The summed E-state index contributed by atoms with van der Waals surface area (Å²) in [7, 11) is 5.53. The van der Waals surface area contributed by atoms with Crippen LogP contribution in [-0.4, -0.2) is 27.1 Å². The van der Waals surface area contributed by atoms with E-state index in [0.717, 1.165) is 22.5 Å². The van der Waals surface area contributed by atoms with Crippen LogP contribution in [0.5, 0.6) is 11.5 Å². The Balaban J connectivity index is 1.61. The van der Waals surface area contributed by atoms with Gasteiger partial charge in [-0.05, 0) is 65.7 Å². The fourth-order valence-electron chi connectivity index (χ4n) is 2.85. The van der Waals surface area contributed by atoms with Gasteiger partial charge in [-0.1, -0.05) is 29.8 Å². The first-order valence-corrected chi connectivity index (χ1v) is 10.1. The van der Waals surface area contributed by atoms with E-state index in [2.05, 4.69) is 5.32 Å². The highest BCUT2D eigenvalue weighted by Gasteiger charge is 2.06. The molecule has 0 bridgehead atoms. The lowest BCUT2D eigenvalue weighted by Crippen LogP contribution is -2.10. The zero-order valence-corrected chi connectivity index (χ0v) is 18.5. The van der Waals surface area contributed by atoms with Crippen LogP contribution in [0.2, 0.25) is 5.02 Å². The number of halogens is 1. The molecule has 0 saturated carbocycles. The molecule has 6 heteroatoms. The van der Waals surface area contributed by atoms with Crippen molar-refractivity contribution in [3.63, 3.8) is 0 Å². The Morgan fingerprint density at radius 2 is 1.71 bits per heavy atom. The molecule has 1 amide bonds. The molecular formula is C25H25ClN2O3. The van der Waals surface area contributed by atoms with Gasteiger partial charge in [0, 0.05) is 36.6 Å². The lowest BCUT2D eigenvalue weighted by molar-refractivity contribution is -0.111. The van der Waals surface area contributed by atoms with Crippen molar-refractivity contribution in [2.75, 3.05) is 31.4 Å². The SMILES string of the molecule is COc1cc(C=CC(=O)Nc2ccc(N(C)C)cc2)ccc1OCc1ccc(Cl)cc1. The van der Waals surface area contributed by atoms with Gasteiger partial charge < -0.3 is 19.7 Å². The predicted octanol–water partition coefficient (Wildman–Crippen LogP) is 5.65. The number of methoxy groups -OCH3 is 1. The van der Waals surface area contributed by atoms with E-state index in [1.807, 2.05) is 85.7 Å². The summed E-state index contributed by atoms with van der Waals surface area (Å²) >= 11 is 5.91. The molecule has 0 aliphatic rings. The van der Waals surface area contributed by atoms with Crippen molar-refractivity contribution in [2.24, 2.45) is 0 Å². The third kappa shape index (κ3) is 6.52. The van der Waals surface area contributed by atoms with Crippen LogP contribution < -0.4 is 19.7 Å².